The lowest BCUT2D eigenvalue weighted by molar-refractivity contribution is -0.133. The van der Waals surface area contributed by atoms with Crippen LogP contribution >= 0.6 is 0 Å². The molecule has 0 aliphatic carbocycles. The highest BCUT2D eigenvalue weighted by Crippen LogP contribution is 2.22. The Morgan fingerprint density at radius 1 is 1.24 bits per heavy atom. The normalized spacial score (nSPS) is 20.5. The smallest absolute Gasteiger partial charge is 0.227 e. The number of aryl methyl sites for hydroxylation is 1. The summed E-state index contributed by atoms with van der Waals surface area (Å²) in [5.74, 6) is 3.11. The molecule has 2 unspecified atom stereocenters. The van der Waals surface area contributed by atoms with Gasteiger partial charge in [-0.2, -0.15) is 4.98 Å². The van der Waals surface area contributed by atoms with Gasteiger partial charge in [0.1, 0.15) is 5.75 Å². The molecule has 2 atom stereocenters. The average molecular weight is 343 g/mol. The molecule has 0 radical (unpaired) electrons. The minimum Gasteiger partial charge on any atom is -0.497 e. The second-order valence-electron chi connectivity index (χ2n) is 6.98. The van der Waals surface area contributed by atoms with Gasteiger partial charge in [-0.25, -0.2) is 0 Å². The third-order valence-electron chi connectivity index (χ3n) is 4.59. The van der Waals surface area contributed by atoms with Crippen molar-refractivity contribution in [1.29, 1.82) is 0 Å². The minimum atomic E-state index is 0.169. The molecule has 2 aromatic rings. The maximum atomic E-state index is 12.4. The summed E-state index contributed by atoms with van der Waals surface area (Å²) < 4.78 is 10.4. The van der Waals surface area contributed by atoms with Crippen LogP contribution in [0.5, 0.6) is 5.75 Å². The van der Waals surface area contributed by atoms with Gasteiger partial charge in [-0.3, -0.25) is 4.79 Å². The predicted molar refractivity (Wildman–Crippen MR) is 94.1 cm³/mol. The Balaban J connectivity index is 1.57. The molecule has 134 valence electrons. The number of aromatic nitrogens is 2. The minimum absolute atomic E-state index is 0.169. The lowest BCUT2D eigenvalue weighted by atomic mass is 9.91. The number of piperidine rings is 1. The first-order valence-electron chi connectivity index (χ1n) is 8.80. The number of hydrogen-bond donors (Lipinski definition) is 0. The molecule has 1 amide bonds. The third-order valence-corrected chi connectivity index (χ3v) is 4.59. The summed E-state index contributed by atoms with van der Waals surface area (Å²) in [7, 11) is 1.63. The molecule has 0 bridgehead atoms. The Morgan fingerprint density at radius 3 is 2.56 bits per heavy atom. The van der Waals surface area contributed by atoms with Crippen LogP contribution in [-0.2, 0) is 11.2 Å². The average Bonchev–Trinajstić information content (AvgIpc) is 3.08. The zero-order valence-corrected chi connectivity index (χ0v) is 15.1. The van der Waals surface area contributed by atoms with Gasteiger partial charge in [0.25, 0.3) is 0 Å². The molecule has 2 heterocycles. The highest BCUT2D eigenvalue weighted by Gasteiger charge is 2.25. The van der Waals surface area contributed by atoms with Crippen LogP contribution in [-0.4, -0.2) is 41.1 Å². The molecule has 1 aromatic carbocycles. The number of rotatable bonds is 5. The molecule has 1 fully saturated rings. The number of amides is 1. The summed E-state index contributed by atoms with van der Waals surface area (Å²) in [6, 6.07) is 7.48. The van der Waals surface area contributed by atoms with E-state index in [9.17, 15) is 4.79 Å². The van der Waals surface area contributed by atoms with Gasteiger partial charge in [0.2, 0.25) is 17.6 Å². The van der Waals surface area contributed by atoms with E-state index in [1.807, 2.05) is 29.2 Å². The van der Waals surface area contributed by atoms with E-state index in [1.165, 1.54) is 6.42 Å². The van der Waals surface area contributed by atoms with E-state index < -0.39 is 0 Å². The molecular formula is C19H25N3O3. The van der Waals surface area contributed by atoms with E-state index in [0.29, 0.717) is 36.4 Å². The summed E-state index contributed by atoms with van der Waals surface area (Å²) in [4.78, 5) is 18.8. The van der Waals surface area contributed by atoms with Gasteiger partial charge in [0.15, 0.2) is 0 Å². The molecule has 1 aliphatic heterocycles. The lowest BCUT2D eigenvalue weighted by Gasteiger charge is -2.35. The molecular weight excluding hydrogens is 318 g/mol. The number of hydrogen-bond acceptors (Lipinski definition) is 5. The highest BCUT2D eigenvalue weighted by atomic mass is 16.5. The van der Waals surface area contributed by atoms with Crippen molar-refractivity contribution >= 4 is 5.91 Å². The van der Waals surface area contributed by atoms with Gasteiger partial charge >= 0.3 is 0 Å². The van der Waals surface area contributed by atoms with Crippen LogP contribution in [0.25, 0.3) is 11.4 Å². The summed E-state index contributed by atoms with van der Waals surface area (Å²) in [5, 5.41) is 4.00. The Morgan fingerprint density at radius 2 is 1.92 bits per heavy atom. The van der Waals surface area contributed by atoms with Crippen LogP contribution < -0.4 is 4.74 Å². The van der Waals surface area contributed by atoms with Gasteiger partial charge in [0, 0.05) is 31.5 Å². The number of carbonyl (C=O) groups is 1. The summed E-state index contributed by atoms with van der Waals surface area (Å²) in [5.41, 5.74) is 0.862. The second-order valence-corrected chi connectivity index (χ2v) is 6.98. The fourth-order valence-corrected chi connectivity index (χ4v) is 3.45. The van der Waals surface area contributed by atoms with E-state index in [0.717, 1.165) is 24.4 Å². The van der Waals surface area contributed by atoms with Crippen molar-refractivity contribution in [2.75, 3.05) is 20.2 Å². The number of ether oxygens (including phenoxy) is 1. The summed E-state index contributed by atoms with van der Waals surface area (Å²) >= 11 is 0. The fourth-order valence-electron chi connectivity index (χ4n) is 3.45. The summed E-state index contributed by atoms with van der Waals surface area (Å²) in [6.45, 7) is 6.11. The van der Waals surface area contributed by atoms with Crippen molar-refractivity contribution in [3.63, 3.8) is 0 Å². The van der Waals surface area contributed by atoms with E-state index in [-0.39, 0.29) is 5.91 Å². The van der Waals surface area contributed by atoms with Crippen molar-refractivity contribution in [3.8, 4) is 17.1 Å². The maximum absolute atomic E-state index is 12.4. The van der Waals surface area contributed by atoms with E-state index >= 15 is 0 Å². The van der Waals surface area contributed by atoms with Gasteiger partial charge in [-0.05, 0) is 42.5 Å². The Labute approximate surface area is 148 Å². The van der Waals surface area contributed by atoms with Crippen molar-refractivity contribution < 1.29 is 14.1 Å². The van der Waals surface area contributed by atoms with Crippen LogP contribution in [0.1, 0.15) is 32.6 Å². The van der Waals surface area contributed by atoms with Crippen molar-refractivity contribution in [2.45, 2.75) is 33.1 Å². The lowest BCUT2D eigenvalue weighted by Crippen LogP contribution is -2.42. The molecule has 0 saturated carbocycles. The van der Waals surface area contributed by atoms with Crippen LogP contribution in [0.4, 0.5) is 0 Å². The Hall–Kier alpha value is -2.37. The largest absolute Gasteiger partial charge is 0.497 e. The molecule has 3 rings (SSSR count). The Bertz CT molecular complexity index is 701. The van der Waals surface area contributed by atoms with E-state index in [2.05, 4.69) is 24.0 Å². The molecule has 6 heteroatoms. The quantitative estimate of drug-likeness (QED) is 0.834. The van der Waals surface area contributed by atoms with Crippen molar-refractivity contribution in [3.05, 3.63) is 30.2 Å². The molecule has 0 N–H and O–H groups in total. The molecule has 1 aliphatic rings. The fraction of sp³-hybridized carbons (Fsp3) is 0.526. The monoisotopic (exact) mass is 343 g/mol. The Kier molecular flexibility index (Phi) is 5.36. The van der Waals surface area contributed by atoms with Crippen molar-refractivity contribution in [2.24, 2.45) is 11.8 Å². The predicted octanol–water partition coefficient (Wildman–Crippen LogP) is 3.18. The third kappa shape index (κ3) is 4.38. The molecule has 1 aromatic heterocycles. The molecule has 1 saturated heterocycles. The first kappa shape index (κ1) is 17.5. The van der Waals surface area contributed by atoms with Crippen LogP contribution in [0.3, 0.4) is 0 Å². The number of benzene rings is 1. The number of methoxy groups -OCH3 is 1. The SMILES string of the molecule is COc1ccc(-c2noc(CCC(=O)N3CC(C)CC(C)C3)n2)cc1. The van der Waals surface area contributed by atoms with E-state index in [1.54, 1.807) is 7.11 Å². The maximum Gasteiger partial charge on any atom is 0.227 e. The number of nitrogens with zero attached hydrogens (tertiary/aromatic N) is 3. The molecule has 0 spiro atoms. The van der Waals surface area contributed by atoms with E-state index in [4.69, 9.17) is 9.26 Å². The summed E-state index contributed by atoms with van der Waals surface area (Å²) in [6.07, 6.45) is 2.07. The highest BCUT2D eigenvalue weighted by molar-refractivity contribution is 5.76. The first-order valence-corrected chi connectivity index (χ1v) is 8.80. The zero-order chi connectivity index (χ0) is 17.8. The zero-order valence-electron chi connectivity index (χ0n) is 15.1. The van der Waals surface area contributed by atoms with Gasteiger partial charge in [-0.1, -0.05) is 19.0 Å². The number of likely N-dealkylation sites (tertiary alicyclic amines) is 1. The second kappa shape index (κ2) is 7.68. The van der Waals surface area contributed by atoms with Gasteiger partial charge in [0.05, 0.1) is 7.11 Å². The molecule has 6 nitrogen and oxygen atoms in total. The standard InChI is InChI=1S/C19H25N3O3/c1-13-10-14(2)12-22(11-13)18(23)9-8-17-20-19(21-25-17)15-4-6-16(24-3)7-5-15/h4-7,13-14H,8-12H2,1-3H3. The first-order chi connectivity index (χ1) is 12.0. The van der Waals surface area contributed by atoms with Gasteiger partial charge < -0.3 is 14.2 Å². The van der Waals surface area contributed by atoms with Crippen LogP contribution in [0.15, 0.2) is 28.8 Å². The van der Waals surface area contributed by atoms with Crippen molar-refractivity contribution in [1.82, 2.24) is 15.0 Å². The number of carbonyl (C=O) groups excluding carboxylic acids is 1. The molecule has 25 heavy (non-hydrogen) atoms. The van der Waals surface area contributed by atoms with Crippen LogP contribution in [0.2, 0.25) is 0 Å². The van der Waals surface area contributed by atoms with Gasteiger partial charge in [-0.15, -0.1) is 0 Å². The topological polar surface area (TPSA) is 68.5 Å². The van der Waals surface area contributed by atoms with Crippen LogP contribution in [0, 0.1) is 11.8 Å².